The number of hydrogen-bond acceptors (Lipinski definition) is 6. The Bertz CT molecular complexity index is 1440. The number of carbonyl (C=O) groups is 2. The van der Waals surface area contributed by atoms with Crippen LogP contribution in [-0.2, 0) is 4.79 Å². The van der Waals surface area contributed by atoms with E-state index in [0.29, 0.717) is 26.2 Å². The van der Waals surface area contributed by atoms with Gasteiger partial charge in [-0.05, 0) is 43.3 Å². The number of amides is 1. The molecule has 0 aliphatic carbocycles. The molecule has 0 fully saturated rings. The Balaban J connectivity index is 1.42. The molecule has 0 aliphatic rings. The minimum absolute atomic E-state index is 0.265. The van der Waals surface area contributed by atoms with Gasteiger partial charge in [-0.15, -0.1) is 11.3 Å². The number of benzene rings is 3. The van der Waals surface area contributed by atoms with Crippen molar-refractivity contribution >= 4 is 74.3 Å². The Morgan fingerprint density at radius 2 is 1.74 bits per heavy atom. The zero-order valence-corrected chi connectivity index (χ0v) is 21.2. The Labute approximate surface area is 220 Å². The van der Waals surface area contributed by atoms with E-state index in [1.807, 2.05) is 24.3 Å². The van der Waals surface area contributed by atoms with Gasteiger partial charge in [0, 0.05) is 20.7 Å². The summed E-state index contributed by atoms with van der Waals surface area (Å²) in [6.45, 7) is 1.56. The third-order valence-electron chi connectivity index (χ3n) is 4.79. The summed E-state index contributed by atoms with van der Waals surface area (Å²) < 4.78 is 12.0. The molecule has 3 aromatic carbocycles. The van der Waals surface area contributed by atoms with Gasteiger partial charge in [-0.2, -0.15) is 5.10 Å². The third kappa shape index (κ3) is 5.94. The molecule has 1 unspecified atom stereocenters. The fraction of sp³-hybridized carbons (Fsp3) is 0.0800. The van der Waals surface area contributed by atoms with E-state index < -0.39 is 18.0 Å². The molecule has 1 aromatic heterocycles. The summed E-state index contributed by atoms with van der Waals surface area (Å²) in [6.07, 6.45) is 0.490. The van der Waals surface area contributed by atoms with Crippen molar-refractivity contribution in [2.75, 3.05) is 0 Å². The fourth-order valence-corrected chi connectivity index (χ4v) is 4.88. The molecule has 1 N–H and O–H groups in total. The van der Waals surface area contributed by atoms with E-state index in [9.17, 15) is 9.59 Å². The molecule has 0 radical (unpaired) electrons. The monoisotopic (exact) mass is 546 g/mol. The van der Waals surface area contributed by atoms with Crippen LogP contribution in [0, 0.1) is 0 Å². The number of thiophene rings is 1. The van der Waals surface area contributed by atoms with Crippen molar-refractivity contribution in [1.29, 1.82) is 0 Å². The number of hydrazone groups is 1. The number of fused-ring (bicyclic) bond motifs is 1. The van der Waals surface area contributed by atoms with Gasteiger partial charge >= 0.3 is 5.97 Å². The maximum absolute atomic E-state index is 12.8. The molecule has 0 saturated carbocycles. The maximum atomic E-state index is 12.8. The molecule has 0 saturated heterocycles. The third-order valence-corrected chi connectivity index (χ3v) is 6.97. The normalized spacial score (nSPS) is 12.0. The second-order valence-electron chi connectivity index (χ2n) is 7.24. The number of nitrogens with one attached hydrogen (secondary N) is 1. The van der Waals surface area contributed by atoms with E-state index in [2.05, 4.69) is 10.5 Å². The molecule has 0 bridgehead atoms. The minimum Gasteiger partial charge on any atom is -0.479 e. The topological polar surface area (TPSA) is 77.0 Å². The van der Waals surface area contributed by atoms with E-state index >= 15 is 0 Å². The molecule has 10 heteroatoms. The Morgan fingerprint density at radius 1 is 1.00 bits per heavy atom. The van der Waals surface area contributed by atoms with Gasteiger partial charge in [-0.25, -0.2) is 10.2 Å². The second kappa shape index (κ2) is 11.1. The van der Waals surface area contributed by atoms with E-state index in [0.717, 1.165) is 10.1 Å². The predicted molar refractivity (Wildman–Crippen MR) is 141 cm³/mol. The van der Waals surface area contributed by atoms with Crippen LogP contribution in [0.25, 0.3) is 10.1 Å². The highest BCUT2D eigenvalue weighted by molar-refractivity contribution is 7.21. The number of para-hydroxylation sites is 1. The summed E-state index contributed by atoms with van der Waals surface area (Å²) in [4.78, 5) is 25.5. The second-order valence-corrected chi connectivity index (χ2v) is 9.51. The first kappa shape index (κ1) is 25.0. The molecule has 1 atom stereocenters. The van der Waals surface area contributed by atoms with Gasteiger partial charge in [0.15, 0.2) is 6.10 Å². The fourth-order valence-electron chi connectivity index (χ4n) is 3.04. The largest absolute Gasteiger partial charge is 0.479 e. The number of ether oxygens (including phenoxy) is 2. The van der Waals surface area contributed by atoms with Crippen molar-refractivity contribution in [3.63, 3.8) is 0 Å². The maximum Gasteiger partial charge on any atom is 0.355 e. The summed E-state index contributed by atoms with van der Waals surface area (Å²) in [7, 11) is 0. The summed E-state index contributed by atoms with van der Waals surface area (Å²) in [6, 6.07) is 18.9. The van der Waals surface area contributed by atoms with Crippen LogP contribution in [0.2, 0.25) is 15.1 Å². The van der Waals surface area contributed by atoms with Gasteiger partial charge in [-0.1, -0.05) is 65.1 Å². The molecule has 4 rings (SSSR count). The highest BCUT2D eigenvalue weighted by Gasteiger charge is 2.20. The van der Waals surface area contributed by atoms with Crippen LogP contribution < -0.4 is 14.9 Å². The molecule has 1 amide bonds. The van der Waals surface area contributed by atoms with Crippen molar-refractivity contribution in [2.24, 2.45) is 5.10 Å². The molecule has 35 heavy (non-hydrogen) atoms. The summed E-state index contributed by atoms with van der Waals surface area (Å²) in [5.41, 5.74) is 2.88. The molecular formula is C25H17Cl3N2O4S. The number of hydrogen-bond donors (Lipinski definition) is 1. The molecule has 1 heterocycles. The van der Waals surface area contributed by atoms with E-state index in [4.69, 9.17) is 44.3 Å². The number of rotatable bonds is 7. The zero-order chi connectivity index (χ0) is 24.9. The van der Waals surface area contributed by atoms with Crippen molar-refractivity contribution in [1.82, 2.24) is 5.43 Å². The number of carbonyl (C=O) groups excluding carboxylic acids is 2. The summed E-state index contributed by atoms with van der Waals surface area (Å²) in [5.74, 6) is -0.497. The van der Waals surface area contributed by atoms with Crippen LogP contribution >= 0.6 is 46.1 Å². The number of halogens is 3. The summed E-state index contributed by atoms with van der Waals surface area (Å²) >= 11 is 19.6. The molecular weight excluding hydrogens is 531 g/mol. The van der Waals surface area contributed by atoms with Crippen LogP contribution in [0.4, 0.5) is 0 Å². The van der Waals surface area contributed by atoms with Gasteiger partial charge < -0.3 is 9.47 Å². The first-order valence-corrected chi connectivity index (χ1v) is 12.2. The standard InChI is InChI=1S/C25H17Cl3N2O4S/c1-14(33-20-11-10-16(26)12-18(20)27)24(31)30-29-13-15-6-2-4-8-19(15)34-25(32)23-22(28)17-7-3-5-9-21(17)35-23/h2-14H,1H3,(H,30,31)/b29-13+. The first-order valence-electron chi connectivity index (χ1n) is 10.3. The smallest absolute Gasteiger partial charge is 0.355 e. The van der Waals surface area contributed by atoms with Crippen LogP contribution in [0.15, 0.2) is 71.8 Å². The number of nitrogens with zero attached hydrogens (tertiary/aromatic N) is 1. The molecule has 178 valence electrons. The highest BCUT2D eigenvalue weighted by Crippen LogP contribution is 2.36. The lowest BCUT2D eigenvalue weighted by atomic mass is 10.2. The first-order chi connectivity index (χ1) is 16.8. The summed E-state index contributed by atoms with van der Waals surface area (Å²) in [5, 5.41) is 5.85. The van der Waals surface area contributed by atoms with Crippen molar-refractivity contribution < 1.29 is 19.1 Å². The average Bonchev–Trinajstić information content (AvgIpc) is 3.18. The molecule has 0 aliphatic heterocycles. The van der Waals surface area contributed by atoms with Crippen molar-refractivity contribution in [2.45, 2.75) is 13.0 Å². The molecule has 4 aromatic rings. The van der Waals surface area contributed by atoms with Gasteiger partial charge in [0.2, 0.25) is 0 Å². The predicted octanol–water partition coefficient (Wildman–Crippen LogP) is 7.00. The van der Waals surface area contributed by atoms with Crippen LogP contribution in [0.3, 0.4) is 0 Å². The van der Waals surface area contributed by atoms with Crippen LogP contribution in [0.1, 0.15) is 22.2 Å². The minimum atomic E-state index is -0.881. The zero-order valence-electron chi connectivity index (χ0n) is 18.1. The van der Waals surface area contributed by atoms with Crippen LogP contribution in [0.5, 0.6) is 11.5 Å². The molecule has 6 nitrogen and oxygen atoms in total. The van der Waals surface area contributed by atoms with E-state index in [1.54, 1.807) is 43.3 Å². The van der Waals surface area contributed by atoms with Gasteiger partial charge in [-0.3, -0.25) is 4.79 Å². The quantitative estimate of drug-likeness (QED) is 0.117. The lowest BCUT2D eigenvalue weighted by Gasteiger charge is -2.14. The van der Waals surface area contributed by atoms with Crippen molar-refractivity contribution in [3.05, 3.63) is 92.2 Å². The lowest BCUT2D eigenvalue weighted by molar-refractivity contribution is -0.127. The van der Waals surface area contributed by atoms with Gasteiger partial charge in [0.1, 0.15) is 16.4 Å². The molecule has 0 spiro atoms. The van der Waals surface area contributed by atoms with Gasteiger partial charge in [0.25, 0.3) is 5.91 Å². The van der Waals surface area contributed by atoms with Gasteiger partial charge in [0.05, 0.1) is 16.3 Å². The lowest BCUT2D eigenvalue weighted by Crippen LogP contribution is -2.33. The van der Waals surface area contributed by atoms with E-state index in [1.165, 1.54) is 23.6 Å². The van der Waals surface area contributed by atoms with E-state index in [-0.39, 0.29) is 10.8 Å². The highest BCUT2D eigenvalue weighted by atomic mass is 35.5. The Kier molecular flexibility index (Phi) is 7.93. The average molecular weight is 548 g/mol. The SMILES string of the molecule is CC(Oc1ccc(Cl)cc1Cl)C(=O)N/N=C/c1ccccc1OC(=O)c1sc2ccccc2c1Cl. The number of esters is 1. The van der Waals surface area contributed by atoms with Crippen LogP contribution in [-0.4, -0.2) is 24.2 Å². The van der Waals surface area contributed by atoms with Crippen molar-refractivity contribution in [3.8, 4) is 11.5 Å². The Hall–Kier alpha value is -3.10. The Morgan fingerprint density at radius 3 is 2.51 bits per heavy atom.